The second-order valence-electron chi connectivity index (χ2n) is 4.64. The van der Waals surface area contributed by atoms with Crippen LogP contribution in [0.4, 0.5) is 0 Å². The van der Waals surface area contributed by atoms with Crippen molar-refractivity contribution in [1.29, 1.82) is 5.26 Å². The summed E-state index contributed by atoms with van der Waals surface area (Å²) in [7, 11) is -3.70. The largest absolute Gasteiger partial charge is 0.391 e. The molecule has 5 nitrogen and oxygen atoms in total. The van der Waals surface area contributed by atoms with E-state index in [0.717, 1.165) is 12.8 Å². The Bertz CT molecular complexity index is 574. The second kappa shape index (κ2) is 7.39. The first-order valence-electron chi connectivity index (χ1n) is 6.62. The number of nitrogens with one attached hydrogen (secondary N) is 1. The van der Waals surface area contributed by atoms with Gasteiger partial charge >= 0.3 is 0 Å². The summed E-state index contributed by atoms with van der Waals surface area (Å²) in [6.45, 7) is 3.90. The van der Waals surface area contributed by atoms with Crippen LogP contribution >= 0.6 is 0 Å². The molecule has 0 amide bonds. The third-order valence-corrected chi connectivity index (χ3v) is 4.77. The number of aliphatic hydroxyl groups is 1. The number of sulfonamides is 1. The molecule has 1 rings (SSSR count). The van der Waals surface area contributed by atoms with Crippen LogP contribution in [0.1, 0.15) is 32.3 Å². The standard InChI is InChI=1S/C14H20N2O3S/c1-3-12(4-2)14(17)10-16-20(18,19)13-7-5-6-11(8-13)9-15/h5-8,12,14,16-17H,3-4,10H2,1-2H3. The van der Waals surface area contributed by atoms with Crippen molar-refractivity contribution >= 4 is 10.0 Å². The summed E-state index contributed by atoms with van der Waals surface area (Å²) in [5.41, 5.74) is 0.286. The van der Waals surface area contributed by atoms with Gasteiger partial charge in [0.2, 0.25) is 10.0 Å². The first kappa shape index (κ1) is 16.6. The molecule has 0 radical (unpaired) electrons. The molecule has 0 aliphatic heterocycles. The van der Waals surface area contributed by atoms with Crippen molar-refractivity contribution < 1.29 is 13.5 Å². The third kappa shape index (κ3) is 4.30. The highest BCUT2D eigenvalue weighted by atomic mass is 32.2. The molecule has 20 heavy (non-hydrogen) atoms. The van der Waals surface area contributed by atoms with E-state index in [-0.39, 0.29) is 22.9 Å². The smallest absolute Gasteiger partial charge is 0.240 e. The number of hydrogen-bond donors (Lipinski definition) is 2. The van der Waals surface area contributed by atoms with Gasteiger partial charge < -0.3 is 5.11 Å². The maximum absolute atomic E-state index is 12.1. The summed E-state index contributed by atoms with van der Waals surface area (Å²) < 4.78 is 26.5. The van der Waals surface area contributed by atoms with Crippen molar-refractivity contribution in [2.75, 3.05) is 6.54 Å². The summed E-state index contributed by atoms with van der Waals surface area (Å²) in [4.78, 5) is 0.0355. The Hall–Kier alpha value is -1.42. The van der Waals surface area contributed by atoms with E-state index in [1.807, 2.05) is 19.9 Å². The Kier molecular flexibility index (Phi) is 6.14. The first-order chi connectivity index (χ1) is 9.44. The predicted octanol–water partition coefficient (Wildman–Crippen LogP) is 1.63. The molecule has 0 bridgehead atoms. The van der Waals surface area contributed by atoms with Gasteiger partial charge in [-0.25, -0.2) is 13.1 Å². The highest BCUT2D eigenvalue weighted by molar-refractivity contribution is 7.89. The predicted molar refractivity (Wildman–Crippen MR) is 76.4 cm³/mol. The van der Waals surface area contributed by atoms with Crippen molar-refractivity contribution in [1.82, 2.24) is 4.72 Å². The summed E-state index contributed by atoms with van der Waals surface area (Å²) in [5, 5.41) is 18.7. The topological polar surface area (TPSA) is 90.2 Å². The van der Waals surface area contributed by atoms with Crippen molar-refractivity contribution in [2.45, 2.75) is 37.7 Å². The van der Waals surface area contributed by atoms with Gasteiger partial charge in [-0.15, -0.1) is 0 Å². The van der Waals surface area contributed by atoms with E-state index in [0.29, 0.717) is 0 Å². The summed E-state index contributed by atoms with van der Waals surface area (Å²) >= 11 is 0. The fourth-order valence-corrected chi connectivity index (χ4v) is 3.11. The molecule has 0 aliphatic carbocycles. The Morgan fingerprint density at radius 2 is 2.00 bits per heavy atom. The van der Waals surface area contributed by atoms with E-state index < -0.39 is 16.1 Å². The van der Waals surface area contributed by atoms with Crippen LogP contribution in [-0.4, -0.2) is 26.2 Å². The molecule has 6 heteroatoms. The van der Waals surface area contributed by atoms with Gasteiger partial charge in [0.1, 0.15) is 0 Å². The number of aliphatic hydroxyl groups excluding tert-OH is 1. The summed E-state index contributed by atoms with van der Waals surface area (Å²) in [6, 6.07) is 7.69. The molecule has 110 valence electrons. The van der Waals surface area contributed by atoms with E-state index in [1.54, 1.807) is 0 Å². The Labute approximate surface area is 120 Å². The van der Waals surface area contributed by atoms with Crippen LogP contribution < -0.4 is 4.72 Å². The van der Waals surface area contributed by atoms with Gasteiger partial charge in [0.25, 0.3) is 0 Å². The van der Waals surface area contributed by atoms with Gasteiger partial charge in [0.15, 0.2) is 0 Å². The molecule has 1 aromatic carbocycles. The van der Waals surface area contributed by atoms with E-state index in [4.69, 9.17) is 5.26 Å². The molecular weight excluding hydrogens is 276 g/mol. The van der Waals surface area contributed by atoms with Crippen LogP contribution in [0, 0.1) is 17.2 Å². The van der Waals surface area contributed by atoms with Crippen molar-refractivity contribution in [3.8, 4) is 6.07 Å². The quantitative estimate of drug-likeness (QED) is 0.800. The number of nitriles is 1. The highest BCUT2D eigenvalue weighted by Gasteiger charge is 2.20. The van der Waals surface area contributed by atoms with Crippen LogP contribution in [0.5, 0.6) is 0 Å². The molecule has 0 heterocycles. The van der Waals surface area contributed by atoms with E-state index in [1.165, 1.54) is 24.3 Å². The van der Waals surface area contributed by atoms with Crippen LogP contribution in [-0.2, 0) is 10.0 Å². The lowest BCUT2D eigenvalue weighted by Crippen LogP contribution is -2.36. The van der Waals surface area contributed by atoms with Crippen molar-refractivity contribution in [2.24, 2.45) is 5.92 Å². The zero-order valence-electron chi connectivity index (χ0n) is 11.7. The maximum atomic E-state index is 12.1. The summed E-state index contributed by atoms with van der Waals surface area (Å²) in [6.07, 6.45) is 0.881. The Balaban J connectivity index is 2.78. The average molecular weight is 296 g/mol. The van der Waals surface area contributed by atoms with Crippen molar-refractivity contribution in [3.63, 3.8) is 0 Å². The minimum Gasteiger partial charge on any atom is -0.391 e. The van der Waals surface area contributed by atoms with Crippen LogP contribution in [0.2, 0.25) is 0 Å². The Morgan fingerprint density at radius 3 is 2.55 bits per heavy atom. The molecule has 2 N–H and O–H groups in total. The molecule has 0 saturated heterocycles. The number of benzene rings is 1. The van der Waals surface area contributed by atoms with E-state index in [2.05, 4.69) is 4.72 Å². The molecule has 0 aromatic heterocycles. The van der Waals surface area contributed by atoms with Crippen molar-refractivity contribution in [3.05, 3.63) is 29.8 Å². The van der Waals surface area contributed by atoms with Crippen LogP contribution in [0.3, 0.4) is 0 Å². The maximum Gasteiger partial charge on any atom is 0.240 e. The molecule has 0 aliphatic rings. The molecule has 1 aromatic rings. The Morgan fingerprint density at radius 1 is 1.35 bits per heavy atom. The van der Waals surface area contributed by atoms with Gasteiger partial charge in [0, 0.05) is 6.54 Å². The minimum atomic E-state index is -3.70. The molecule has 1 atom stereocenters. The molecule has 1 unspecified atom stereocenters. The van der Waals surface area contributed by atoms with Gasteiger partial charge in [-0.05, 0) is 24.1 Å². The monoisotopic (exact) mass is 296 g/mol. The van der Waals surface area contributed by atoms with Gasteiger partial charge in [0.05, 0.1) is 22.6 Å². The first-order valence-corrected chi connectivity index (χ1v) is 8.10. The second-order valence-corrected chi connectivity index (χ2v) is 6.40. The fraction of sp³-hybridized carbons (Fsp3) is 0.500. The van der Waals surface area contributed by atoms with Crippen LogP contribution in [0.15, 0.2) is 29.2 Å². The molecular formula is C14H20N2O3S. The number of nitrogens with zero attached hydrogens (tertiary/aromatic N) is 1. The highest BCUT2D eigenvalue weighted by Crippen LogP contribution is 2.14. The lowest BCUT2D eigenvalue weighted by molar-refractivity contribution is 0.107. The lowest BCUT2D eigenvalue weighted by Gasteiger charge is -2.20. The van der Waals surface area contributed by atoms with E-state index >= 15 is 0 Å². The van der Waals surface area contributed by atoms with Gasteiger partial charge in [-0.2, -0.15) is 5.26 Å². The number of hydrogen-bond acceptors (Lipinski definition) is 4. The summed E-state index contributed by atoms with van der Waals surface area (Å²) in [5.74, 6) is 0.0724. The fourth-order valence-electron chi connectivity index (χ4n) is 2.01. The van der Waals surface area contributed by atoms with Crippen LogP contribution in [0.25, 0.3) is 0 Å². The molecule has 0 saturated carbocycles. The third-order valence-electron chi connectivity index (χ3n) is 3.35. The average Bonchev–Trinajstić information content (AvgIpc) is 2.46. The van der Waals surface area contributed by atoms with Gasteiger partial charge in [-0.1, -0.05) is 32.8 Å². The van der Waals surface area contributed by atoms with E-state index in [9.17, 15) is 13.5 Å². The molecule has 0 spiro atoms. The normalized spacial score (nSPS) is 13.2. The number of rotatable bonds is 7. The molecule has 0 fully saturated rings. The zero-order chi connectivity index (χ0) is 15.2. The lowest BCUT2D eigenvalue weighted by atomic mass is 9.97. The van der Waals surface area contributed by atoms with Gasteiger partial charge in [-0.3, -0.25) is 0 Å². The SMILES string of the molecule is CCC(CC)C(O)CNS(=O)(=O)c1cccc(C#N)c1. The minimum absolute atomic E-state index is 0.0224. The zero-order valence-corrected chi connectivity index (χ0v) is 12.5.